The topological polar surface area (TPSA) is 0 Å². The van der Waals surface area contributed by atoms with Gasteiger partial charge in [0.05, 0.1) is 0 Å². The first-order valence-corrected chi connectivity index (χ1v) is 1.67. The summed E-state index contributed by atoms with van der Waals surface area (Å²) in [5, 5.41) is 0. The molecule has 5 heavy (non-hydrogen) atoms. The van der Waals surface area contributed by atoms with Crippen LogP contribution in [0.4, 0.5) is 0 Å². The normalized spacial score (nSPS) is 9.60. The second-order valence-corrected chi connectivity index (χ2v) is 0.962. The van der Waals surface area contributed by atoms with E-state index in [1.807, 2.05) is 33.8 Å². The van der Waals surface area contributed by atoms with Crippen molar-refractivity contribution < 1.29 is 0 Å². The SMILES string of the molecule is [B]1B=BB=B1. The van der Waals surface area contributed by atoms with Crippen LogP contribution in [-0.4, -0.2) is 33.8 Å². The van der Waals surface area contributed by atoms with Gasteiger partial charge in [-0.1, -0.05) is 0 Å². The number of hydrogen-bond acceptors (Lipinski definition) is 0. The van der Waals surface area contributed by atoms with Crippen LogP contribution in [0, 0.1) is 0 Å². The molecule has 0 bridgehead atoms. The molecular formula is B5. The van der Waals surface area contributed by atoms with Crippen molar-refractivity contribution in [3.05, 3.63) is 0 Å². The van der Waals surface area contributed by atoms with Gasteiger partial charge < -0.3 is 0 Å². The maximum atomic E-state index is 2.00. The molecule has 0 N–H and O–H groups in total. The van der Waals surface area contributed by atoms with Crippen LogP contribution >= 0.6 is 0 Å². The van der Waals surface area contributed by atoms with E-state index in [0.29, 0.717) is 0 Å². The van der Waals surface area contributed by atoms with Gasteiger partial charge in [-0.25, -0.2) is 0 Å². The van der Waals surface area contributed by atoms with E-state index in [1.54, 1.807) is 0 Å². The molecule has 15 valence electrons. The van der Waals surface area contributed by atoms with Gasteiger partial charge in [-0.3, -0.25) is 0 Å². The summed E-state index contributed by atoms with van der Waals surface area (Å²) in [7, 11) is 2.00. The minimum atomic E-state index is 2.00. The van der Waals surface area contributed by atoms with E-state index in [1.165, 1.54) is 0 Å². The Morgan fingerprint density at radius 1 is 0.600 bits per heavy atom. The third-order valence-corrected chi connectivity index (χ3v) is 0.556. The van der Waals surface area contributed by atoms with Gasteiger partial charge in [0.15, 0.2) is 0 Å². The second kappa shape index (κ2) is 1.69. The van der Waals surface area contributed by atoms with E-state index in [4.69, 9.17) is 0 Å². The molecule has 0 aromatic heterocycles. The predicted molar refractivity (Wildman–Crippen MR) is 28.8 cm³/mol. The summed E-state index contributed by atoms with van der Waals surface area (Å²) >= 11 is 0. The van der Waals surface area contributed by atoms with Gasteiger partial charge in [0.25, 0.3) is 0 Å². The van der Waals surface area contributed by atoms with Crippen LogP contribution < -0.4 is 0 Å². The average molecular weight is 54.1 g/mol. The molecule has 0 unspecified atom stereocenters. The van der Waals surface area contributed by atoms with E-state index < -0.39 is 0 Å². The van der Waals surface area contributed by atoms with Gasteiger partial charge in [0, 0.05) is 0 Å². The molecule has 1 rings (SSSR count). The molecule has 1 aliphatic rings. The van der Waals surface area contributed by atoms with Crippen molar-refractivity contribution in [1.82, 2.24) is 0 Å². The molecule has 0 aliphatic carbocycles. The van der Waals surface area contributed by atoms with E-state index in [0.717, 1.165) is 0 Å². The van der Waals surface area contributed by atoms with Crippen LogP contribution in [0.3, 0.4) is 0 Å². The third-order valence-electron chi connectivity index (χ3n) is 0.556. The van der Waals surface area contributed by atoms with Crippen molar-refractivity contribution in [3.63, 3.8) is 0 Å². The van der Waals surface area contributed by atoms with Gasteiger partial charge in [-0.2, -0.15) is 0 Å². The van der Waals surface area contributed by atoms with E-state index in [-0.39, 0.29) is 0 Å². The number of rotatable bonds is 0. The fraction of sp³-hybridized carbons (Fsp3) is 0. The molecule has 1 aliphatic heterocycles. The third kappa shape index (κ3) is 0.824. The van der Waals surface area contributed by atoms with Crippen molar-refractivity contribution in [1.29, 1.82) is 0 Å². The Morgan fingerprint density at radius 2 is 1.20 bits per heavy atom. The van der Waals surface area contributed by atoms with E-state index in [2.05, 4.69) is 0 Å². The van der Waals surface area contributed by atoms with Crippen molar-refractivity contribution in [3.8, 4) is 0 Å². The summed E-state index contributed by atoms with van der Waals surface area (Å²) in [4.78, 5) is 0. The first kappa shape index (κ1) is 3.51. The Hall–Kier alpha value is 0.325. The molecule has 0 amide bonds. The maximum absolute atomic E-state index is 2.00. The van der Waals surface area contributed by atoms with Gasteiger partial charge in [-0.15, -0.1) is 0 Å². The molecule has 1 radical (unpaired) electrons. The van der Waals surface area contributed by atoms with E-state index >= 15 is 0 Å². The Labute approximate surface area is 34.7 Å². The van der Waals surface area contributed by atoms with Crippen molar-refractivity contribution in [2.45, 2.75) is 0 Å². The predicted octanol–water partition coefficient (Wildman–Crippen LogP) is -1.90. The van der Waals surface area contributed by atoms with Gasteiger partial charge >= 0.3 is 33.8 Å². The molecule has 0 saturated heterocycles. The fourth-order valence-corrected chi connectivity index (χ4v) is 0.321. The molecule has 0 aromatic carbocycles. The molecule has 0 aromatic rings. The van der Waals surface area contributed by atoms with Crippen LogP contribution in [0.15, 0.2) is 0 Å². The molecule has 5 heteroatoms. The monoisotopic (exact) mass is 55.0 g/mol. The summed E-state index contributed by atoms with van der Waals surface area (Å²) < 4.78 is 0. The molecule has 0 spiro atoms. The molecular weight excluding hydrogens is 54.1 g/mol. The Morgan fingerprint density at radius 3 is 1.40 bits per heavy atom. The average Bonchev–Trinajstić information content (AvgIpc) is 1.76. The Bertz CT molecular complexity index is 58.1. The molecule has 0 fully saturated rings. The van der Waals surface area contributed by atoms with Crippen LogP contribution in [0.5, 0.6) is 0 Å². The zero-order valence-corrected chi connectivity index (χ0v) is 2.89. The molecule has 0 saturated carbocycles. The quantitative estimate of drug-likeness (QED) is 0.283. The summed E-state index contributed by atoms with van der Waals surface area (Å²) in [5.41, 5.74) is 0. The standard InChI is InChI=1S/B5/c1-2-4-5-3-1. The fourth-order valence-electron chi connectivity index (χ4n) is 0.321. The molecule has 0 nitrogen and oxygen atoms in total. The van der Waals surface area contributed by atoms with Crippen LogP contribution in [-0.2, 0) is 0 Å². The number of hydrogen-bond donors (Lipinski definition) is 0. The van der Waals surface area contributed by atoms with Crippen molar-refractivity contribution in [2.75, 3.05) is 0 Å². The second-order valence-electron chi connectivity index (χ2n) is 0.962. The van der Waals surface area contributed by atoms with Gasteiger partial charge in [0.2, 0.25) is 0 Å². The van der Waals surface area contributed by atoms with Gasteiger partial charge in [-0.05, 0) is 0 Å². The van der Waals surface area contributed by atoms with Crippen LogP contribution in [0.2, 0.25) is 0 Å². The summed E-state index contributed by atoms with van der Waals surface area (Å²) in [5.74, 6) is 0. The summed E-state index contributed by atoms with van der Waals surface area (Å²) in [6.07, 6.45) is 0. The zero-order chi connectivity index (χ0) is 3.54. The Kier molecular flexibility index (Phi) is 1.18. The molecule has 1 heterocycles. The first-order chi connectivity index (χ1) is 2.50. The van der Waals surface area contributed by atoms with Crippen LogP contribution in [0.1, 0.15) is 0 Å². The summed E-state index contributed by atoms with van der Waals surface area (Å²) in [6.45, 7) is 8.00. The minimum absolute atomic E-state index is 2.00. The Balaban J connectivity index is 2.61. The van der Waals surface area contributed by atoms with Crippen LogP contribution in [0.25, 0.3) is 0 Å². The van der Waals surface area contributed by atoms with Crippen molar-refractivity contribution >= 4 is 33.8 Å². The van der Waals surface area contributed by atoms with E-state index in [9.17, 15) is 0 Å². The zero-order valence-electron chi connectivity index (χ0n) is 2.89. The van der Waals surface area contributed by atoms with Gasteiger partial charge in [0.1, 0.15) is 0 Å². The molecule has 0 atom stereocenters. The van der Waals surface area contributed by atoms with Crippen molar-refractivity contribution in [2.24, 2.45) is 0 Å². The summed E-state index contributed by atoms with van der Waals surface area (Å²) in [6, 6.07) is 0. The first-order valence-electron chi connectivity index (χ1n) is 1.67.